The molecule has 0 fully saturated rings. The summed E-state index contributed by atoms with van der Waals surface area (Å²) >= 11 is 6.19. The maximum atomic E-state index is 12.5. The molecular weight excluding hydrogens is 380 g/mol. The van der Waals surface area contributed by atoms with Crippen LogP contribution in [0.1, 0.15) is 5.56 Å². The SMILES string of the molecule is CN(Cc1ccc2c(c1)OCCO2)C(=O)COc1ccc(Cl)c2cccnc12. The predicted molar refractivity (Wildman–Crippen MR) is 106 cm³/mol. The monoisotopic (exact) mass is 398 g/mol. The van der Waals surface area contributed by atoms with Crippen LogP contribution in [0.4, 0.5) is 0 Å². The standard InChI is InChI=1S/C21H19ClN2O4/c1-24(12-14-4-6-17-19(11-14)27-10-9-26-17)20(25)13-28-18-7-5-16(22)15-3-2-8-23-21(15)18/h2-8,11H,9-10,12-13H2,1H3. The van der Waals surface area contributed by atoms with E-state index < -0.39 is 0 Å². The molecule has 6 nitrogen and oxygen atoms in total. The topological polar surface area (TPSA) is 60.9 Å². The molecule has 0 atom stereocenters. The van der Waals surface area contributed by atoms with Gasteiger partial charge in [-0.25, -0.2) is 0 Å². The van der Waals surface area contributed by atoms with E-state index in [1.165, 1.54) is 0 Å². The van der Waals surface area contributed by atoms with Crippen molar-refractivity contribution in [1.82, 2.24) is 9.88 Å². The largest absolute Gasteiger partial charge is 0.486 e. The van der Waals surface area contributed by atoms with Crippen molar-refractivity contribution >= 4 is 28.4 Å². The van der Waals surface area contributed by atoms with Crippen LogP contribution >= 0.6 is 11.6 Å². The zero-order valence-electron chi connectivity index (χ0n) is 15.4. The molecule has 0 N–H and O–H groups in total. The van der Waals surface area contributed by atoms with Gasteiger partial charge in [-0.3, -0.25) is 9.78 Å². The molecule has 0 spiro atoms. The predicted octanol–water partition coefficient (Wildman–Crippen LogP) is 3.70. The summed E-state index contributed by atoms with van der Waals surface area (Å²) in [6, 6.07) is 12.8. The van der Waals surface area contributed by atoms with E-state index in [9.17, 15) is 4.79 Å². The average Bonchev–Trinajstić information content (AvgIpc) is 2.73. The van der Waals surface area contributed by atoms with Crippen LogP contribution in [-0.2, 0) is 11.3 Å². The number of aromatic nitrogens is 1. The number of ether oxygens (including phenoxy) is 3. The van der Waals surface area contributed by atoms with Crippen LogP contribution in [0.2, 0.25) is 5.02 Å². The maximum absolute atomic E-state index is 12.5. The Labute approximate surface area is 167 Å². The fraction of sp³-hybridized carbons (Fsp3) is 0.238. The molecule has 0 unspecified atom stereocenters. The van der Waals surface area contributed by atoms with E-state index in [1.54, 1.807) is 30.3 Å². The molecule has 144 valence electrons. The normalized spacial score (nSPS) is 12.6. The van der Waals surface area contributed by atoms with Gasteiger partial charge in [-0.15, -0.1) is 0 Å². The fourth-order valence-electron chi connectivity index (χ4n) is 3.03. The van der Waals surface area contributed by atoms with Gasteiger partial charge in [0.25, 0.3) is 5.91 Å². The van der Waals surface area contributed by atoms with Gasteiger partial charge in [0.2, 0.25) is 0 Å². The highest BCUT2D eigenvalue weighted by Crippen LogP contribution is 2.31. The second-order valence-electron chi connectivity index (χ2n) is 6.46. The number of carbonyl (C=O) groups is 1. The molecule has 0 aliphatic carbocycles. The first-order valence-electron chi connectivity index (χ1n) is 8.90. The Balaban J connectivity index is 1.41. The maximum Gasteiger partial charge on any atom is 0.260 e. The first-order valence-corrected chi connectivity index (χ1v) is 9.28. The third-order valence-electron chi connectivity index (χ3n) is 4.48. The van der Waals surface area contributed by atoms with Crippen molar-refractivity contribution in [2.24, 2.45) is 0 Å². The number of hydrogen-bond acceptors (Lipinski definition) is 5. The minimum atomic E-state index is -0.145. The fourth-order valence-corrected chi connectivity index (χ4v) is 3.24. The van der Waals surface area contributed by atoms with Gasteiger partial charge < -0.3 is 19.1 Å². The minimum Gasteiger partial charge on any atom is -0.486 e. The summed E-state index contributed by atoms with van der Waals surface area (Å²) < 4.78 is 16.8. The highest BCUT2D eigenvalue weighted by atomic mass is 35.5. The summed E-state index contributed by atoms with van der Waals surface area (Å²) in [5, 5.41) is 1.39. The van der Waals surface area contributed by atoms with E-state index in [0.717, 1.165) is 16.7 Å². The van der Waals surface area contributed by atoms with Crippen molar-refractivity contribution in [1.29, 1.82) is 0 Å². The molecule has 1 aliphatic heterocycles. The Kier molecular flexibility index (Phi) is 5.21. The summed E-state index contributed by atoms with van der Waals surface area (Å²) in [7, 11) is 1.74. The van der Waals surface area contributed by atoms with Crippen LogP contribution in [0.25, 0.3) is 10.9 Å². The number of nitrogens with zero attached hydrogens (tertiary/aromatic N) is 2. The molecule has 7 heteroatoms. The van der Waals surface area contributed by atoms with Gasteiger partial charge in [-0.1, -0.05) is 17.7 Å². The molecule has 1 aromatic heterocycles. The Hall–Kier alpha value is -2.99. The molecule has 2 heterocycles. The van der Waals surface area contributed by atoms with Crippen molar-refractivity contribution < 1.29 is 19.0 Å². The van der Waals surface area contributed by atoms with E-state index in [4.69, 9.17) is 25.8 Å². The Morgan fingerprint density at radius 2 is 2.00 bits per heavy atom. The summed E-state index contributed by atoms with van der Waals surface area (Å²) in [5.74, 6) is 1.82. The number of carbonyl (C=O) groups excluding carboxylic acids is 1. The van der Waals surface area contributed by atoms with Gasteiger partial charge in [0.1, 0.15) is 24.5 Å². The second kappa shape index (κ2) is 7.94. The average molecular weight is 399 g/mol. The lowest BCUT2D eigenvalue weighted by atomic mass is 10.2. The lowest BCUT2D eigenvalue weighted by Crippen LogP contribution is -2.31. The Morgan fingerprint density at radius 1 is 1.18 bits per heavy atom. The highest BCUT2D eigenvalue weighted by molar-refractivity contribution is 6.35. The molecule has 4 rings (SSSR count). The van der Waals surface area contributed by atoms with E-state index in [2.05, 4.69) is 4.98 Å². The number of rotatable bonds is 5. The van der Waals surface area contributed by atoms with E-state index in [0.29, 0.717) is 41.8 Å². The van der Waals surface area contributed by atoms with Crippen LogP contribution in [0, 0.1) is 0 Å². The molecule has 1 amide bonds. The lowest BCUT2D eigenvalue weighted by molar-refractivity contribution is -0.132. The van der Waals surface area contributed by atoms with E-state index >= 15 is 0 Å². The molecule has 1 aliphatic rings. The van der Waals surface area contributed by atoms with Gasteiger partial charge in [-0.2, -0.15) is 0 Å². The Bertz CT molecular complexity index is 1020. The number of fused-ring (bicyclic) bond motifs is 2. The van der Waals surface area contributed by atoms with Crippen molar-refractivity contribution in [3.63, 3.8) is 0 Å². The molecule has 0 radical (unpaired) electrons. The summed E-state index contributed by atoms with van der Waals surface area (Å²) in [5.41, 5.74) is 1.59. The van der Waals surface area contributed by atoms with E-state index in [-0.39, 0.29) is 12.5 Å². The van der Waals surface area contributed by atoms with Crippen molar-refractivity contribution in [2.45, 2.75) is 6.54 Å². The number of benzene rings is 2. The second-order valence-corrected chi connectivity index (χ2v) is 6.87. The lowest BCUT2D eigenvalue weighted by Gasteiger charge is -2.21. The van der Waals surface area contributed by atoms with Crippen LogP contribution < -0.4 is 14.2 Å². The van der Waals surface area contributed by atoms with Gasteiger partial charge in [0, 0.05) is 25.2 Å². The summed E-state index contributed by atoms with van der Waals surface area (Å²) in [4.78, 5) is 18.4. The van der Waals surface area contributed by atoms with Gasteiger partial charge in [-0.05, 0) is 42.0 Å². The number of amides is 1. The highest BCUT2D eigenvalue weighted by Gasteiger charge is 2.15. The van der Waals surface area contributed by atoms with Crippen molar-refractivity contribution in [3.05, 3.63) is 59.2 Å². The van der Waals surface area contributed by atoms with Gasteiger partial charge >= 0.3 is 0 Å². The minimum absolute atomic E-state index is 0.0889. The molecule has 0 bridgehead atoms. The summed E-state index contributed by atoms with van der Waals surface area (Å²) in [6.07, 6.45) is 1.67. The van der Waals surface area contributed by atoms with Crippen LogP contribution in [0.5, 0.6) is 17.2 Å². The smallest absolute Gasteiger partial charge is 0.260 e. The van der Waals surface area contributed by atoms with Crippen molar-refractivity contribution in [3.8, 4) is 17.2 Å². The molecule has 3 aromatic rings. The number of pyridine rings is 1. The summed E-state index contributed by atoms with van der Waals surface area (Å²) in [6.45, 7) is 1.44. The Morgan fingerprint density at radius 3 is 2.86 bits per heavy atom. The quantitative estimate of drug-likeness (QED) is 0.655. The zero-order valence-corrected chi connectivity index (χ0v) is 16.1. The first-order chi connectivity index (χ1) is 13.6. The first kappa shape index (κ1) is 18.4. The number of halogens is 1. The van der Waals surface area contributed by atoms with E-state index in [1.807, 2.05) is 30.3 Å². The van der Waals surface area contributed by atoms with Crippen LogP contribution in [0.3, 0.4) is 0 Å². The third kappa shape index (κ3) is 3.82. The molecule has 0 saturated heterocycles. The number of hydrogen-bond donors (Lipinski definition) is 0. The molecule has 0 saturated carbocycles. The third-order valence-corrected chi connectivity index (χ3v) is 4.81. The molecule has 28 heavy (non-hydrogen) atoms. The van der Waals surface area contributed by atoms with Gasteiger partial charge in [0.05, 0.1) is 5.02 Å². The number of likely N-dealkylation sites (N-methyl/N-ethyl adjacent to an activating group) is 1. The molecule has 2 aromatic carbocycles. The van der Waals surface area contributed by atoms with Crippen LogP contribution in [0.15, 0.2) is 48.7 Å². The van der Waals surface area contributed by atoms with Gasteiger partial charge in [0.15, 0.2) is 18.1 Å². The van der Waals surface area contributed by atoms with Crippen LogP contribution in [-0.4, -0.2) is 42.7 Å². The zero-order chi connectivity index (χ0) is 19.5. The van der Waals surface area contributed by atoms with Crippen molar-refractivity contribution in [2.75, 3.05) is 26.9 Å². The molecular formula is C21H19ClN2O4.